The number of methoxy groups -OCH3 is 2. The van der Waals surface area contributed by atoms with Crippen molar-refractivity contribution in [2.75, 3.05) is 31.8 Å². The van der Waals surface area contributed by atoms with Crippen molar-refractivity contribution in [1.29, 1.82) is 5.26 Å². The van der Waals surface area contributed by atoms with Crippen molar-refractivity contribution in [3.05, 3.63) is 53.6 Å². The smallest absolute Gasteiger partial charge is 0.323 e. The number of rotatable bonds is 4. The quantitative estimate of drug-likeness (QED) is 0.886. The number of benzene rings is 2. The second-order valence-electron chi connectivity index (χ2n) is 5.68. The summed E-state index contributed by atoms with van der Waals surface area (Å²) in [7, 11) is 3.21. The van der Waals surface area contributed by atoms with E-state index < -0.39 is 0 Å². The van der Waals surface area contributed by atoms with Crippen molar-refractivity contribution >= 4 is 23.5 Å². The van der Waals surface area contributed by atoms with Crippen LogP contribution in [-0.2, 0) is 0 Å². The number of ether oxygens (including phenoxy) is 2. The van der Waals surface area contributed by atoms with Gasteiger partial charge in [-0.3, -0.25) is 0 Å². The zero-order valence-electron chi connectivity index (χ0n) is 14.6. The summed E-state index contributed by atoms with van der Waals surface area (Å²) >= 11 is 1.70. The molecule has 0 saturated carbocycles. The molecule has 7 heteroatoms. The second kappa shape index (κ2) is 8.02. The molecule has 1 fully saturated rings. The Morgan fingerprint density at radius 1 is 1.19 bits per heavy atom. The van der Waals surface area contributed by atoms with Crippen LogP contribution in [0.15, 0.2) is 42.5 Å². The maximum absolute atomic E-state index is 12.7. The van der Waals surface area contributed by atoms with E-state index >= 15 is 0 Å². The molecular weight excluding hydrogens is 350 g/mol. The summed E-state index contributed by atoms with van der Waals surface area (Å²) in [6, 6.07) is 14.4. The van der Waals surface area contributed by atoms with E-state index in [0.717, 1.165) is 11.3 Å². The predicted molar refractivity (Wildman–Crippen MR) is 102 cm³/mol. The average Bonchev–Trinajstić information content (AvgIpc) is 3.18. The molecule has 1 atom stereocenters. The minimum atomic E-state index is -0.175. The maximum Gasteiger partial charge on any atom is 0.323 e. The van der Waals surface area contributed by atoms with Crippen LogP contribution in [0.25, 0.3) is 0 Å². The van der Waals surface area contributed by atoms with Gasteiger partial charge in [-0.15, -0.1) is 11.8 Å². The highest BCUT2D eigenvalue weighted by atomic mass is 32.2. The number of thioether (sulfide) groups is 1. The Hall–Kier alpha value is -2.85. The van der Waals surface area contributed by atoms with Gasteiger partial charge in [-0.1, -0.05) is 0 Å². The summed E-state index contributed by atoms with van der Waals surface area (Å²) in [6.45, 7) is 0.650. The minimum absolute atomic E-state index is 0.114. The molecule has 3 rings (SSSR count). The van der Waals surface area contributed by atoms with Crippen LogP contribution < -0.4 is 14.8 Å². The molecule has 0 aromatic heterocycles. The van der Waals surface area contributed by atoms with Gasteiger partial charge in [-0.25, -0.2) is 4.79 Å². The highest BCUT2D eigenvalue weighted by Gasteiger charge is 2.31. The lowest BCUT2D eigenvalue weighted by molar-refractivity contribution is 0.214. The van der Waals surface area contributed by atoms with Crippen molar-refractivity contribution in [3.63, 3.8) is 0 Å². The van der Waals surface area contributed by atoms with Gasteiger partial charge >= 0.3 is 6.03 Å². The Balaban J connectivity index is 1.79. The summed E-state index contributed by atoms with van der Waals surface area (Å²) in [5, 5.41) is 11.6. The van der Waals surface area contributed by atoms with Crippen LogP contribution in [0.2, 0.25) is 0 Å². The van der Waals surface area contributed by atoms with E-state index in [2.05, 4.69) is 11.4 Å². The largest absolute Gasteiger partial charge is 0.497 e. The SMILES string of the molecule is COc1cc(OC)cc([C@@H]2SCCN2C(=O)Nc2ccc(C#N)cc2)c1. The van der Waals surface area contributed by atoms with Gasteiger partial charge in [0.1, 0.15) is 16.9 Å². The van der Waals surface area contributed by atoms with Gasteiger partial charge < -0.3 is 19.7 Å². The summed E-state index contributed by atoms with van der Waals surface area (Å²) in [4.78, 5) is 14.5. The first-order valence-corrected chi connectivity index (χ1v) is 9.12. The molecule has 6 nitrogen and oxygen atoms in total. The molecule has 0 aliphatic carbocycles. The van der Waals surface area contributed by atoms with Crippen LogP contribution in [0.5, 0.6) is 11.5 Å². The Morgan fingerprint density at radius 3 is 2.42 bits per heavy atom. The topological polar surface area (TPSA) is 74.6 Å². The highest BCUT2D eigenvalue weighted by Crippen LogP contribution is 2.40. The van der Waals surface area contributed by atoms with Gasteiger partial charge in [0.15, 0.2) is 0 Å². The number of carbonyl (C=O) groups excluding carboxylic acids is 1. The first-order valence-electron chi connectivity index (χ1n) is 8.07. The molecule has 0 bridgehead atoms. The second-order valence-corrected chi connectivity index (χ2v) is 6.87. The van der Waals surface area contributed by atoms with Crippen LogP contribution in [0.1, 0.15) is 16.5 Å². The molecule has 134 valence electrons. The summed E-state index contributed by atoms with van der Waals surface area (Å²) in [5.41, 5.74) is 2.17. The number of hydrogen-bond acceptors (Lipinski definition) is 5. The molecule has 1 aliphatic heterocycles. The molecule has 1 aliphatic rings. The van der Waals surface area contributed by atoms with Crippen molar-refractivity contribution in [1.82, 2.24) is 4.90 Å². The van der Waals surface area contributed by atoms with Crippen LogP contribution in [0.3, 0.4) is 0 Å². The first kappa shape index (κ1) is 18.0. The van der Waals surface area contributed by atoms with Gasteiger partial charge in [0.25, 0.3) is 0 Å². The Morgan fingerprint density at radius 2 is 1.85 bits per heavy atom. The molecule has 0 radical (unpaired) electrons. The number of carbonyl (C=O) groups is 1. The fourth-order valence-corrected chi connectivity index (χ4v) is 3.98. The average molecular weight is 369 g/mol. The Kier molecular flexibility index (Phi) is 5.54. The van der Waals surface area contributed by atoms with E-state index in [1.165, 1.54) is 0 Å². The first-order chi connectivity index (χ1) is 12.6. The standard InChI is InChI=1S/C19H19N3O3S/c1-24-16-9-14(10-17(11-16)25-2)18-22(7-8-26-18)19(23)21-15-5-3-13(12-20)4-6-15/h3-6,9-11,18H,7-8H2,1-2H3,(H,21,23)/t18-/m0/s1. The number of amides is 2. The van der Waals surface area contributed by atoms with Gasteiger partial charge in [-0.05, 0) is 42.0 Å². The number of hydrogen-bond donors (Lipinski definition) is 1. The number of urea groups is 1. The van der Waals surface area contributed by atoms with E-state index in [4.69, 9.17) is 14.7 Å². The van der Waals surface area contributed by atoms with Crippen LogP contribution in [0.4, 0.5) is 10.5 Å². The fourth-order valence-electron chi connectivity index (χ4n) is 2.75. The predicted octanol–water partition coefficient (Wildman–Crippen LogP) is 3.85. The molecule has 0 spiro atoms. The zero-order valence-corrected chi connectivity index (χ0v) is 15.4. The summed E-state index contributed by atoms with van der Waals surface area (Å²) in [6.07, 6.45) is 0. The number of nitrogens with zero attached hydrogens (tertiary/aromatic N) is 2. The lowest BCUT2D eigenvalue weighted by Crippen LogP contribution is -2.34. The fraction of sp³-hybridized carbons (Fsp3) is 0.263. The number of anilines is 1. The maximum atomic E-state index is 12.7. The molecule has 1 heterocycles. The number of nitrogens with one attached hydrogen (secondary N) is 1. The molecule has 26 heavy (non-hydrogen) atoms. The van der Waals surface area contributed by atoms with Crippen LogP contribution >= 0.6 is 11.8 Å². The van der Waals surface area contributed by atoms with Gasteiger partial charge in [0.05, 0.1) is 25.9 Å². The van der Waals surface area contributed by atoms with Crippen LogP contribution in [0, 0.1) is 11.3 Å². The van der Waals surface area contributed by atoms with Gasteiger partial charge in [0, 0.05) is 24.1 Å². The highest BCUT2D eigenvalue weighted by molar-refractivity contribution is 7.99. The molecule has 1 N–H and O–H groups in total. The summed E-state index contributed by atoms with van der Waals surface area (Å²) in [5.74, 6) is 2.24. The lowest BCUT2D eigenvalue weighted by atomic mass is 10.2. The number of nitriles is 1. The molecular formula is C19H19N3O3S. The normalized spacial score (nSPS) is 16.0. The molecule has 1 saturated heterocycles. The van der Waals surface area contributed by atoms with E-state index in [-0.39, 0.29) is 11.4 Å². The van der Waals surface area contributed by atoms with Gasteiger partial charge in [0.2, 0.25) is 0 Å². The lowest BCUT2D eigenvalue weighted by Gasteiger charge is -2.25. The van der Waals surface area contributed by atoms with E-state index in [1.807, 2.05) is 18.2 Å². The summed E-state index contributed by atoms with van der Waals surface area (Å²) < 4.78 is 10.7. The third-order valence-corrected chi connectivity index (χ3v) is 5.34. The van der Waals surface area contributed by atoms with Crippen molar-refractivity contribution in [2.45, 2.75) is 5.37 Å². The van der Waals surface area contributed by atoms with Crippen LogP contribution in [-0.4, -0.2) is 37.4 Å². The minimum Gasteiger partial charge on any atom is -0.497 e. The third-order valence-electron chi connectivity index (χ3n) is 4.08. The van der Waals surface area contributed by atoms with Crippen molar-refractivity contribution in [2.24, 2.45) is 0 Å². The molecule has 2 aromatic carbocycles. The van der Waals surface area contributed by atoms with Crippen molar-refractivity contribution in [3.8, 4) is 17.6 Å². The monoisotopic (exact) mass is 369 g/mol. The molecule has 2 amide bonds. The van der Waals surface area contributed by atoms with E-state index in [9.17, 15) is 4.79 Å². The third kappa shape index (κ3) is 3.86. The Bertz CT molecular complexity index is 811. The van der Waals surface area contributed by atoms with Crippen molar-refractivity contribution < 1.29 is 14.3 Å². The Labute approximate surface area is 156 Å². The molecule has 2 aromatic rings. The van der Waals surface area contributed by atoms with E-state index in [0.29, 0.717) is 29.3 Å². The van der Waals surface area contributed by atoms with Gasteiger partial charge in [-0.2, -0.15) is 5.26 Å². The zero-order chi connectivity index (χ0) is 18.5. The molecule has 0 unspecified atom stereocenters. The van der Waals surface area contributed by atoms with E-state index in [1.54, 1.807) is 55.1 Å².